The number of para-hydroxylation sites is 3. The summed E-state index contributed by atoms with van der Waals surface area (Å²) < 4.78 is 4.73. The Morgan fingerprint density at radius 1 is 0.293 bits per heavy atom. The minimum absolute atomic E-state index is 0.635. The van der Waals surface area contributed by atoms with E-state index in [9.17, 15) is 0 Å². The Bertz CT molecular complexity index is 3490. The number of nitrogens with zero attached hydrogens (tertiary/aromatic N) is 6. The fourth-order valence-corrected chi connectivity index (χ4v) is 8.62. The fourth-order valence-electron chi connectivity index (χ4n) is 8.62. The van der Waals surface area contributed by atoms with Crippen LogP contribution in [0.5, 0.6) is 0 Å². The monoisotopic (exact) mass is 740 g/mol. The highest BCUT2D eigenvalue weighted by Crippen LogP contribution is 2.39. The predicted octanol–water partition coefficient (Wildman–Crippen LogP) is 12.7. The molecule has 8 aromatic carbocycles. The summed E-state index contributed by atoms with van der Waals surface area (Å²) in [6.07, 6.45) is 0. The van der Waals surface area contributed by atoms with E-state index in [2.05, 4.69) is 142 Å². The van der Waals surface area contributed by atoms with E-state index in [4.69, 9.17) is 19.9 Å². The average Bonchev–Trinajstić information content (AvgIpc) is 3.85. The summed E-state index contributed by atoms with van der Waals surface area (Å²) in [6.45, 7) is 0. The van der Waals surface area contributed by atoms with Crippen LogP contribution in [0.25, 0.3) is 111 Å². The van der Waals surface area contributed by atoms with Gasteiger partial charge in [0.05, 0.1) is 27.6 Å². The SMILES string of the molecule is c1ccc(-c2nc(-c3ccccc3)nc(-c3cccc(-c4ccc(-n5c6ccccc6c6cc7c8ccccc8c8nc9ccccc9n8c7cc65)cc4)c3)n2)cc1. The van der Waals surface area contributed by atoms with Gasteiger partial charge in [0.15, 0.2) is 17.5 Å². The predicted molar refractivity (Wildman–Crippen MR) is 237 cm³/mol. The Labute approximate surface area is 333 Å². The second kappa shape index (κ2) is 12.8. The molecule has 6 heteroatoms. The van der Waals surface area contributed by atoms with Gasteiger partial charge in [-0.15, -0.1) is 0 Å². The van der Waals surface area contributed by atoms with Gasteiger partial charge in [-0.2, -0.15) is 0 Å². The number of pyridine rings is 1. The Morgan fingerprint density at radius 3 is 1.57 bits per heavy atom. The van der Waals surface area contributed by atoms with Crippen molar-refractivity contribution in [1.82, 2.24) is 28.9 Å². The molecule has 12 aromatic rings. The molecule has 0 fully saturated rings. The van der Waals surface area contributed by atoms with Crippen molar-refractivity contribution in [3.8, 4) is 51.0 Å². The number of aromatic nitrogens is 6. The lowest BCUT2D eigenvalue weighted by Gasteiger charge is -2.12. The molecular weight excluding hydrogens is 709 g/mol. The molecule has 0 N–H and O–H groups in total. The summed E-state index contributed by atoms with van der Waals surface area (Å²) in [7, 11) is 0. The lowest BCUT2D eigenvalue weighted by molar-refractivity contribution is 1.07. The summed E-state index contributed by atoms with van der Waals surface area (Å²) in [5.74, 6) is 1.93. The third-order valence-corrected chi connectivity index (χ3v) is 11.3. The average molecular weight is 741 g/mol. The molecule has 0 radical (unpaired) electrons. The number of fused-ring (bicyclic) bond motifs is 11. The van der Waals surface area contributed by atoms with Crippen LogP contribution < -0.4 is 0 Å². The molecule has 0 amide bonds. The molecule has 0 spiro atoms. The zero-order valence-electron chi connectivity index (χ0n) is 31.2. The molecule has 0 bridgehead atoms. The van der Waals surface area contributed by atoms with Crippen molar-refractivity contribution in [2.45, 2.75) is 0 Å². The highest BCUT2D eigenvalue weighted by atomic mass is 15.0. The molecule has 0 aliphatic heterocycles. The van der Waals surface area contributed by atoms with Gasteiger partial charge in [-0.3, -0.25) is 4.40 Å². The van der Waals surface area contributed by atoms with Crippen LogP contribution in [0.3, 0.4) is 0 Å². The number of imidazole rings is 1. The maximum Gasteiger partial charge on any atom is 0.164 e. The fraction of sp³-hybridized carbons (Fsp3) is 0. The van der Waals surface area contributed by atoms with E-state index >= 15 is 0 Å². The Morgan fingerprint density at radius 2 is 0.845 bits per heavy atom. The molecule has 270 valence electrons. The van der Waals surface area contributed by atoms with Gasteiger partial charge in [-0.05, 0) is 65.0 Å². The molecule has 0 atom stereocenters. The molecule has 12 rings (SSSR count). The topological polar surface area (TPSA) is 60.9 Å². The van der Waals surface area contributed by atoms with Crippen LogP contribution in [0.15, 0.2) is 194 Å². The summed E-state index contributed by atoms with van der Waals surface area (Å²) >= 11 is 0. The van der Waals surface area contributed by atoms with Crippen LogP contribution >= 0.6 is 0 Å². The maximum atomic E-state index is 5.14. The van der Waals surface area contributed by atoms with Crippen LogP contribution in [-0.2, 0) is 0 Å². The van der Waals surface area contributed by atoms with E-state index in [-0.39, 0.29) is 0 Å². The summed E-state index contributed by atoms with van der Waals surface area (Å²) in [4.78, 5) is 20.0. The molecule has 6 nitrogen and oxygen atoms in total. The zero-order chi connectivity index (χ0) is 38.2. The number of rotatable bonds is 5. The first-order valence-electron chi connectivity index (χ1n) is 19.5. The van der Waals surface area contributed by atoms with E-state index in [1.807, 2.05) is 60.7 Å². The quantitative estimate of drug-likeness (QED) is 0.165. The second-order valence-corrected chi connectivity index (χ2v) is 14.7. The Kier molecular flexibility index (Phi) is 7.13. The molecule has 0 saturated carbocycles. The van der Waals surface area contributed by atoms with Crippen molar-refractivity contribution in [2.75, 3.05) is 0 Å². The minimum Gasteiger partial charge on any atom is -0.309 e. The van der Waals surface area contributed by atoms with E-state index in [1.165, 1.54) is 21.5 Å². The van der Waals surface area contributed by atoms with Gasteiger partial charge in [0, 0.05) is 43.9 Å². The van der Waals surface area contributed by atoms with Gasteiger partial charge in [0.1, 0.15) is 5.65 Å². The lowest BCUT2D eigenvalue weighted by atomic mass is 10.0. The minimum atomic E-state index is 0.635. The van der Waals surface area contributed by atoms with Crippen molar-refractivity contribution < 1.29 is 0 Å². The smallest absolute Gasteiger partial charge is 0.164 e. The van der Waals surface area contributed by atoms with Crippen molar-refractivity contribution in [3.05, 3.63) is 194 Å². The highest BCUT2D eigenvalue weighted by Gasteiger charge is 2.19. The molecular formula is C52H32N6. The summed E-state index contributed by atoms with van der Waals surface area (Å²) in [6, 6.07) is 68.1. The third kappa shape index (κ3) is 5.05. The van der Waals surface area contributed by atoms with Gasteiger partial charge >= 0.3 is 0 Å². The lowest BCUT2D eigenvalue weighted by Crippen LogP contribution is -2.00. The maximum absolute atomic E-state index is 5.14. The standard InChI is InChI=1S/C52H32N6/c1-3-14-34(15-4-1)49-54-50(35-16-5-2-6-17-35)56-51(55-49)37-19-13-18-36(30-37)33-26-28-38(29-27-33)57-45-24-11-9-21-40(45)43-31-42-39-20-7-8-22-41(39)52-53-44-23-10-12-25-46(44)58(52)48(42)32-47(43)57/h1-32H. The molecule has 58 heavy (non-hydrogen) atoms. The Balaban J connectivity index is 1.00. The first-order valence-corrected chi connectivity index (χ1v) is 19.5. The number of hydrogen-bond donors (Lipinski definition) is 0. The van der Waals surface area contributed by atoms with Crippen molar-refractivity contribution in [2.24, 2.45) is 0 Å². The van der Waals surface area contributed by atoms with Crippen LogP contribution in [0, 0.1) is 0 Å². The van der Waals surface area contributed by atoms with E-state index < -0.39 is 0 Å². The van der Waals surface area contributed by atoms with Crippen LogP contribution in [0.1, 0.15) is 0 Å². The molecule has 4 aromatic heterocycles. The van der Waals surface area contributed by atoms with Gasteiger partial charge in [-0.1, -0.05) is 146 Å². The molecule has 0 aliphatic carbocycles. The third-order valence-electron chi connectivity index (χ3n) is 11.3. The van der Waals surface area contributed by atoms with E-state index in [0.29, 0.717) is 17.5 Å². The number of hydrogen-bond acceptors (Lipinski definition) is 4. The highest BCUT2D eigenvalue weighted by molar-refractivity contribution is 6.20. The van der Waals surface area contributed by atoms with Crippen molar-refractivity contribution in [1.29, 1.82) is 0 Å². The second-order valence-electron chi connectivity index (χ2n) is 14.7. The van der Waals surface area contributed by atoms with Crippen LogP contribution in [0.2, 0.25) is 0 Å². The molecule has 4 heterocycles. The Hall–Kier alpha value is -7.96. The van der Waals surface area contributed by atoms with E-state index in [0.717, 1.165) is 72.1 Å². The van der Waals surface area contributed by atoms with Crippen LogP contribution in [0.4, 0.5) is 0 Å². The summed E-state index contributed by atoms with van der Waals surface area (Å²) in [5, 5.41) is 6.00. The molecule has 0 saturated heterocycles. The van der Waals surface area contributed by atoms with E-state index in [1.54, 1.807) is 0 Å². The molecule has 0 aliphatic rings. The normalized spacial score (nSPS) is 11.8. The van der Waals surface area contributed by atoms with Gasteiger partial charge in [0.2, 0.25) is 0 Å². The van der Waals surface area contributed by atoms with Crippen molar-refractivity contribution >= 4 is 60.2 Å². The van der Waals surface area contributed by atoms with Gasteiger partial charge in [0.25, 0.3) is 0 Å². The zero-order valence-corrected chi connectivity index (χ0v) is 31.2. The molecule has 0 unspecified atom stereocenters. The van der Waals surface area contributed by atoms with Crippen LogP contribution in [-0.4, -0.2) is 28.9 Å². The summed E-state index contributed by atoms with van der Waals surface area (Å²) in [5.41, 5.74) is 12.6. The number of benzene rings is 8. The largest absolute Gasteiger partial charge is 0.309 e. The van der Waals surface area contributed by atoms with Gasteiger partial charge < -0.3 is 4.57 Å². The van der Waals surface area contributed by atoms with Gasteiger partial charge in [-0.25, -0.2) is 19.9 Å². The first-order chi connectivity index (χ1) is 28.7. The first kappa shape index (κ1) is 32.3. The van der Waals surface area contributed by atoms with Crippen molar-refractivity contribution in [3.63, 3.8) is 0 Å².